The van der Waals surface area contributed by atoms with Gasteiger partial charge in [0.2, 0.25) is 0 Å². The summed E-state index contributed by atoms with van der Waals surface area (Å²) in [5.41, 5.74) is -0.616. The van der Waals surface area contributed by atoms with Gasteiger partial charge < -0.3 is 14.8 Å². The zero-order chi connectivity index (χ0) is 13.7. The second-order valence-electron chi connectivity index (χ2n) is 5.88. The van der Waals surface area contributed by atoms with Crippen LogP contribution < -0.4 is 5.32 Å². The third-order valence-electron chi connectivity index (χ3n) is 4.52. The normalized spacial score (nSPS) is 23.3. The van der Waals surface area contributed by atoms with Crippen molar-refractivity contribution in [3.05, 3.63) is 0 Å². The molecule has 2 aliphatic carbocycles. The van der Waals surface area contributed by atoms with Gasteiger partial charge in [0, 0.05) is 6.61 Å². The molecule has 2 rings (SSSR count). The third kappa shape index (κ3) is 3.48. The van der Waals surface area contributed by atoms with E-state index in [1.54, 1.807) is 0 Å². The molecule has 4 heteroatoms. The number of hydrogen-bond donors (Lipinski definition) is 1. The zero-order valence-corrected chi connectivity index (χ0v) is 12.2. The van der Waals surface area contributed by atoms with Crippen molar-refractivity contribution in [3.63, 3.8) is 0 Å². The van der Waals surface area contributed by atoms with Gasteiger partial charge >= 0.3 is 5.97 Å². The minimum atomic E-state index is -0.616. The van der Waals surface area contributed by atoms with Crippen LogP contribution in [0.1, 0.15) is 45.4 Å². The molecule has 110 valence electrons. The van der Waals surface area contributed by atoms with Crippen LogP contribution in [0.4, 0.5) is 0 Å². The van der Waals surface area contributed by atoms with E-state index in [0.717, 1.165) is 19.4 Å². The molecule has 0 aromatic carbocycles. The number of esters is 1. The smallest absolute Gasteiger partial charge is 0.329 e. The van der Waals surface area contributed by atoms with Crippen molar-refractivity contribution in [1.29, 1.82) is 0 Å². The number of rotatable bonds is 8. The molecule has 0 radical (unpaired) electrons. The fourth-order valence-corrected chi connectivity index (χ4v) is 3.12. The zero-order valence-electron chi connectivity index (χ0n) is 12.2. The number of ether oxygens (including phenoxy) is 2. The first kappa shape index (κ1) is 14.8. The Bertz CT molecular complexity index is 298. The molecule has 1 unspecified atom stereocenters. The topological polar surface area (TPSA) is 47.6 Å². The molecule has 0 spiro atoms. The summed E-state index contributed by atoms with van der Waals surface area (Å²) in [5.74, 6) is 0.919. The van der Waals surface area contributed by atoms with Crippen LogP contribution in [-0.4, -0.2) is 38.4 Å². The van der Waals surface area contributed by atoms with Gasteiger partial charge in [-0.2, -0.15) is 0 Å². The Hall–Kier alpha value is -0.610. The predicted octanol–water partition coefficient (Wildman–Crippen LogP) is 2.12. The maximum Gasteiger partial charge on any atom is 0.329 e. The number of hydrogen-bond acceptors (Lipinski definition) is 4. The molecule has 2 fully saturated rings. The van der Waals surface area contributed by atoms with Crippen LogP contribution >= 0.6 is 0 Å². The van der Waals surface area contributed by atoms with Crippen LogP contribution in [0.2, 0.25) is 0 Å². The molecular weight excluding hydrogens is 242 g/mol. The van der Waals surface area contributed by atoms with Gasteiger partial charge in [-0.3, -0.25) is 0 Å². The van der Waals surface area contributed by atoms with Crippen molar-refractivity contribution in [1.82, 2.24) is 5.32 Å². The van der Waals surface area contributed by atoms with Crippen LogP contribution in [-0.2, 0) is 14.3 Å². The van der Waals surface area contributed by atoms with Crippen molar-refractivity contribution in [2.75, 3.05) is 26.9 Å². The Morgan fingerprint density at radius 2 is 1.95 bits per heavy atom. The van der Waals surface area contributed by atoms with E-state index in [1.165, 1.54) is 25.7 Å². The van der Waals surface area contributed by atoms with E-state index in [9.17, 15) is 4.79 Å². The highest BCUT2D eigenvalue weighted by Crippen LogP contribution is 2.40. The Morgan fingerprint density at radius 3 is 2.47 bits per heavy atom. The highest BCUT2D eigenvalue weighted by Gasteiger charge is 2.51. The van der Waals surface area contributed by atoms with E-state index in [4.69, 9.17) is 9.47 Å². The van der Waals surface area contributed by atoms with Gasteiger partial charge in [0.05, 0.1) is 13.2 Å². The molecule has 0 aromatic rings. The molecule has 2 aliphatic rings. The van der Waals surface area contributed by atoms with Crippen molar-refractivity contribution >= 4 is 5.97 Å². The van der Waals surface area contributed by atoms with Crippen LogP contribution in [0.5, 0.6) is 0 Å². The van der Waals surface area contributed by atoms with E-state index < -0.39 is 5.54 Å². The molecular formula is C15H27NO3. The third-order valence-corrected chi connectivity index (χ3v) is 4.52. The summed E-state index contributed by atoms with van der Waals surface area (Å²) in [7, 11) is 1.84. The van der Waals surface area contributed by atoms with Gasteiger partial charge in [0.25, 0.3) is 0 Å². The lowest BCUT2D eigenvalue weighted by molar-refractivity contribution is -0.155. The summed E-state index contributed by atoms with van der Waals surface area (Å²) < 4.78 is 11.1. The molecule has 0 aromatic heterocycles. The van der Waals surface area contributed by atoms with Crippen LogP contribution in [0.25, 0.3) is 0 Å². The maximum atomic E-state index is 12.2. The highest BCUT2D eigenvalue weighted by atomic mass is 16.5. The van der Waals surface area contributed by atoms with Crippen molar-refractivity contribution in [2.24, 2.45) is 11.8 Å². The Morgan fingerprint density at radius 1 is 1.26 bits per heavy atom. The molecule has 0 amide bonds. The maximum absolute atomic E-state index is 12.2. The van der Waals surface area contributed by atoms with Gasteiger partial charge in [0.15, 0.2) is 0 Å². The van der Waals surface area contributed by atoms with E-state index in [1.807, 2.05) is 14.0 Å². The van der Waals surface area contributed by atoms with Gasteiger partial charge in [-0.15, -0.1) is 0 Å². The molecule has 0 aliphatic heterocycles. The van der Waals surface area contributed by atoms with Crippen LogP contribution in [0, 0.1) is 11.8 Å². The van der Waals surface area contributed by atoms with Crippen molar-refractivity contribution in [2.45, 2.75) is 51.0 Å². The summed E-state index contributed by atoms with van der Waals surface area (Å²) in [6.07, 6.45) is 7.38. The summed E-state index contributed by atoms with van der Waals surface area (Å²) in [6, 6.07) is 0. The van der Waals surface area contributed by atoms with Crippen LogP contribution in [0.15, 0.2) is 0 Å². The average molecular weight is 269 g/mol. The standard InChI is InChI=1S/C15H27NO3/c1-3-19-14(17)15(16-2,13-8-9-13)11-18-10-12-6-4-5-7-12/h12-13,16H,3-11H2,1-2H3. The Balaban J connectivity index is 1.87. The molecule has 0 heterocycles. The number of nitrogens with one attached hydrogen (secondary N) is 1. The van der Waals surface area contributed by atoms with Gasteiger partial charge in [-0.25, -0.2) is 4.79 Å². The van der Waals surface area contributed by atoms with E-state index >= 15 is 0 Å². The molecule has 1 N–H and O–H groups in total. The molecule has 1 atom stereocenters. The molecule has 0 saturated heterocycles. The predicted molar refractivity (Wildman–Crippen MR) is 73.9 cm³/mol. The number of carbonyl (C=O) groups excluding carboxylic acids is 1. The van der Waals surface area contributed by atoms with Gasteiger partial charge in [-0.05, 0) is 51.5 Å². The highest BCUT2D eigenvalue weighted by molar-refractivity contribution is 5.82. The lowest BCUT2D eigenvalue weighted by Gasteiger charge is -2.31. The first-order valence-electron chi connectivity index (χ1n) is 7.66. The Kier molecular flexibility index (Phi) is 5.22. The first-order valence-corrected chi connectivity index (χ1v) is 7.66. The van der Waals surface area contributed by atoms with Crippen molar-refractivity contribution < 1.29 is 14.3 Å². The quantitative estimate of drug-likeness (QED) is 0.686. The van der Waals surface area contributed by atoms with Crippen LogP contribution in [0.3, 0.4) is 0 Å². The van der Waals surface area contributed by atoms with Gasteiger partial charge in [0.1, 0.15) is 5.54 Å². The lowest BCUT2D eigenvalue weighted by atomic mass is 9.94. The second-order valence-corrected chi connectivity index (χ2v) is 5.88. The molecule has 4 nitrogen and oxygen atoms in total. The largest absolute Gasteiger partial charge is 0.465 e. The minimum absolute atomic E-state index is 0.147. The van der Waals surface area contributed by atoms with Crippen molar-refractivity contribution in [3.8, 4) is 0 Å². The Labute approximate surface area is 116 Å². The number of carbonyl (C=O) groups is 1. The van der Waals surface area contributed by atoms with E-state index in [-0.39, 0.29) is 5.97 Å². The SMILES string of the molecule is CCOC(=O)C(COCC1CCCC1)(NC)C1CC1. The monoisotopic (exact) mass is 269 g/mol. The molecule has 19 heavy (non-hydrogen) atoms. The average Bonchev–Trinajstić information content (AvgIpc) is 3.13. The summed E-state index contributed by atoms with van der Waals surface area (Å²) in [5, 5.41) is 3.19. The summed E-state index contributed by atoms with van der Waals surface area (Å²) in [4.78, 5) is 12.2. The lowest BCUT2D eigenvalue weighted by Crippen LogP contribution is -2.57. The molecule has 0 bridgehead atoms. The first-order chi connectivity index (χ1) is 9.23. The minimum Gasteiger partial charge on any atom is -0.465 e. The molecule has 2 saturated carbocycles. The van der Waals surface area contributed by atoms with E-state index in [2.05, 4.69) is 5.32 Å². The fraction of sp³-hybridized carbons (Fsp3) is 0.933. The number of likely N-dealkylation sites (N-methyl/N-ethyl adjacent to an activating group) is 1. The summed E-state index contributed by atoms with van der Waals surface area (Å²) in [6.45, 7) is 3.52. The summed E-state index contributed by atoms with van der Waals surface area (Å²) >= 11 is 0. The van der Waals surface area contributed by atoms with Gasteiger partial charge in [-0.1, -0.05) is 12.8 Å². The van der Waals surface area contributed by atoms with E-state index in [0.29, 0.717) is 25.0 Å². The fourth-order valence-electron chi connectivity index (χ4n) is 3.12. The second kappa shape index (κ2) is 6.71.